The highest BCUT2D eigenvalue weighted by Gasteiger charge is 2.46. The molecule has 2 aliphatic rings. The average Bonchev–Trinajstić information content (AvgIpc) is 2.86. The van der Waals surface area contributed by atoms with Crippen molar-refractivity contribution < 1.29 is 9.53 Å². The van der Waals surface area contributed by atoms with Gasteiger partial charge in [-0.2, -0.15) is 0 Å². The van der Waals surface area contributed by atoms with Gasteiger partial charge in [-0.25, -0.2) is 0 Å². The molecule has 1 atom stereocenters. The third kappa shape index (κ3) is 2.51. The molecule has 0 amide bonds. The van der Waals surface area contributed by atoms with Crippen LogP contribution in [0.1, 0.15) is 37.3 Å². The number of fused-ring (bicyclic) bond motifs is 2. The fraction of sp³-hybridized carbons (Fsp3) is 0.500. The number of carbonyl (C=O) groups excluding carboxylic acids is 1. The number of ether oxygens (including phenoxy) is 1. The van der Waals surface area contributed by atoms with Crippen molar-refractivity contribution >= 4 is 5.97 Å². The molecule has 0 aromatic heterocycles. The molecule has 0 bridgehead atoms. The summed E-state index contributed by atoms with van der Waals surface area (Å²) in [6.45, 7) is 7.79. The molecule has 1 fully saturated rings. The maximum atomic E-state index is 12.0. The predicted molar refractivity (Wildman–Crippen MR) is 83.0 cm³/mol. The van der Waals surface area contributed by atoms with Gasteiger partial charge in [-0.1, -0.05) is 36.4 Å². The minimum absolute atomic E-state index is 0.0430. The van der Waals surface area contributed by atoms with Crippen molar-refractivity contribution in [1.82, 2.24) is 4.90 Å². The first-order valence-electron chi connectivity index (χ1n) is 7.81. The second kappa shape index (κ2) is 5.64. The van der Waals surface area contributed by atoms with E-state index in [1.807, 2.05) is 6.92 Å². The zero-order chi connectivity index (χ0) is 14.9. The van der Waals surface area contributed by atoms with Crippen LogP contribution in [0.5, 0.6) is 0 Å². The predicted octanol–water partition coefficient (Wildman–Crippen LogP) is 3.04. The van der Waals surface area contributed by atoms with Gasteiger partial charge in [0.15, 0.2) is 0 Å². The van der Waals surface area contributed by atoms with Crippen LogP contribution in [0.15, 0.2) is 36.4 Å². The lowest BCUT2D eigenvalue weighted by atomic mass is 9.79. The second-order valence-electron chi connectivity index (χ2n) is 6.09. The molecule has 0 N–H and O–H groups in total. The van der Waals surface area contributed by atoms with Gasteiger partial charge in [-0.05, 0) is 43.7 Å². The number of rotatable bonds is 3. The summed E-state index contributed by atoms with van der Waals surface area (Å²) in [5.41, 5.74) is 4.06. The first-order chi connectivity index (χ1) is 10.2. The van der Waals surface area contributed by atoms with E-state index in [0.717, 1.165) is 32.2 Å². The standard InChI is InChI=1S/C18H23NO2/c1-3-21-17(20)13-19-11-9-15-6-4-5-7-16(15)18(19)10-8-14(2)12-18/h4-7H,2-3,8-13H2,1H3. The van der Waals surface area contributed by atoms with E-state index in [0.29, 0.717) is 13.2 Å². The lowest BCUT2D eigenvalue weighted by molar-refractivity contribution is -0.146. The molecule has 21 heavy (non-hydrogen) atoms. The molecule has 1 saturated carbocycles. The second-order valence-corrected chi connectivity index (χ2v) is 6.09. The monoisotopic (exact) mass is 285 g/mol. The van der Waals surface area contributed by atoms with Crippen molar-refractivity contribution in [2.24, 2.45) is 0 Å². The van der Waals surface area contributed by atoms with Gasteiger partial charge in [0, 0.05) is 6.54 Å². The summed E-state index contributed by atoms with van der Waals surface area (Å²) in [6, 6.07) is 8.66. The molecular formula is C18H23NO2. The van der Waals surface area contributed by atoms with E-state index in [-0.39, 0.29) is 11.5 Å². The molecular weight excluding hydrogens is 262 g/mol. The van der Waals surface area contributed by atoms with Crippen LogP contribution in [0.25, 0.3) is 0 Å². The lowest BCUT2D eigenvalue weighted by Gasteiger charge is -2.45. The molecule has 1 heterocycles. The van der Waals surface area contributed by atoms with Crippen molar-refractivity contribution in [2.75, 3.05) is 19.7 Å². The van der Waals surface area contributed by atoms with Crippen LogP contribution in [0, 0.1) is 0 Å². The van der Waals surface area contributed by atoms with E-state index in [2.05, 4.69) is 35.7 Å². The highest BCUT2D eigenvalue weighted by molar-refractivity contribution is 5.72. The zero-order valence-corrected chi connectivity index (χ0v) is 12.7. The summed E-state index contributed by atoms with van der Waals surface area (Å²) in [7, 11) is 0. The lowest BCUT2D eigenvalue weighted by Crippen LogP contribution is -2.51. The van der Waals surface area contributed by atoms with Crippen molar-refractivity contribution in [3.63, 3.8) is 0 Å². The maximum absolute atomic E-state index is 12.0. The van der Waals surface area contributed by atoms with E-state index in [9.17, 15) is 4.79 Å². The molecule has 3 rings (SSSR count). The molecule has 3 heteroatoms. The quantitative estimate of drug-likeness (QED) is 0.631. The smallest absolute Gasteiger partial charge is 0.320 e. The molecule has 0 saturated heterocycles. The first kappa shape index (κ1) is 14.3. The van der Waals surface area contributed by atoms with Gasteiger partial charge in [-0.15, -0.1) is 0 Å². The molecule has 1 aliphatic carbocycles. The maximum Gasteiger partial charge on any atom is 0.320 e. The minimum atomic E-state index is -0.117. The van der Waals surface area contributed by atoms with Crippen LogP contribution in [-0.4, -0.2) is 30.6 Å². The fourth-order valence-electron chi connectivity index (χ4n) is 3.90. The topological polar surface area (TPSA) is 29.5 Å². The summed E-state index contributed by atoms with van der Waals surface area (Å²) >= 11 is 0. The Bertz CT molecular complexity index is 566. The molecule has 112 valence electrons. The van der Waals surface area contributed by atoms with Crippen molar-refractivity contribution in [1.29, 1.82) is 0 Å². The summed E-state index contributed by atoms with van der Waals surface area (Å²) < 4.78 is 5.16. The molecule has 3 nitrogen and oxygen atoms in total. The van der Waals surface area contributed by atoms with Gasteiger partial charge in [0.1, 0.15) is 0 Å². The molecule has 1 aliphatic heterocycles. The summed E-state index contributed by atoms with van der Waals surface area (Å²) in [4.78, 5) is 14.3. The third-order valence-electron chi connectivity index (χ3n) is 4.83. The molecule has 1 spiro atoms. The number of esters is 1. The largest absolute Gasteiger partial charge is 0.465 e. The first-order valence-corrected chi connectivity index (χ1v) is 7.81. The third-order valence-corrected chi connectivity index (χ3v) is 4.83. The van der Waals surface area contributed by atoms with Crippen LogP contribution in [0.2, 0.25) is 0 Å². The number of hydrogen-bond acceptors (Lipinski definition) is 3. The van der Waals surface area contributed by atoms with Crippen molar-refractivity contribution in [3.8, 4) is 0 Å². The van der Waals surface area contributed by atoms with Gasteiger partial charge < -0.3 is 4.74 Å². The highest BCUT2D eigenvalue weighted by atomic mass is 16.5. The fourth-order valence-corrected chi connectivity index (χ4v) is 3.90. The highest BCUT2D eigenvalue weighted by Crippen LogP contribution is 2.49. The summed E-state index contributed by atoms with van der Waals surface area (Å²) in [5, 5.41) is 0. The SMILES string of the molecule is C=C1CCC2(C1)c1ccccc1CCN2CC(=O)OCC. The molecule has 1 aromatic carbocycles. The Balaban J connectivity index is 1.94. The van der Waals surface area contributed by atoms with E-state index in [1.54, 1.807) is 0 Å². The summed E-state index contributed by atoms with van der Waals surface area (Å²) in [6.07, 6.45) is 4.07. The van der Waals surface area contributed by atoms with Crippen LogP contribution in [0.4, 0.5) is 0 Å². The van der Waals surface area contributed by atoms with Crippen LogP contribution in [-0.2, 0) is 21.5 Å². The van der Waals surface area contributed by atoms with Gasteiger partial charge >= 0.3 is 5.97 Å². The zero-order valence-electron chi connectivity index (χ0n) is 12.7. The Morgan fingerprint density at radius 3 is 2.90 bits per heavy atom. The van der Waals surface area contributed by atoms with Gasteiger partial charge in [0.2, 0.25) is 0 Å². The number of hydrogen-bond donors (Lipinski definition) is 0. The van der Waals surface area contributed by atoms with Crippen molar-refractivity contribution in [3.05, 3.63) is 47.5 Å². The van der Waals surface area contributed by atoms with E-state index in [1.165, 1.54) is 16.7 Å². The van der Waals surface area contributed by atoms with Gasteiger partial charge in [0.05, 0.1) is 18.7 Å². The van der Waals surface area contributed by atoms with Crippen molar-refractivity contribution in [2.45, 2.75) is 38.1 Å². The van der Waals surface area contributed by atoms with Crippen LogP contribution >= 0.6 is 0 Å². The van der Waals surface area contributed by atoms with E-state index < -0.39 is 0 Å². The van der Waals surface area contributed by atoms with Gasteiger partial charge in [-0.3, -0.25) is 9.69 Å². The normalized spacial score (nSPS) is 25.1. The van der Waals surface area contributed by atoms with Gasteiger partial charge in [0.25, 0.3) is 0 Å². The Labute approximate surface area is 126 Å². The Morgan fingerprint density at radius 1 is 1.38 bits per heavy atom. The average molecular weight is 285 g/mol. The molecule has 0 radical (unpaired) electrons. The number of carbonyl (C=O) groups is 1. The van der Waals surface area contributed by atoms with Crippen LogP contribution < -0.4 is 0 Å². The number of benzene rings is 1. The van der Waals surface area contributed by atoms with Crippen LogP contribution in [0.3, 0.4) is 0 Å². The van der Waals surface area contributed by atoms with E-state index >= 15 is 0 Å². The van der Waals surface area contributed by atoms with E-state index in [4.69, 9.17) is 4.74 Å². The Morgan fingerprint density at radius 2 is 2.19 bits per heavy atom. The molecule has 1 unspecified atom stereocenters. The minimum Gasteiger partial charge on any atom is -0.465 e. The molecule has 1 aromatic rings. The Kier molecular flexibility index (Phi) is 3.85. The number of nitrogens with zero attached hydrogens (tertiary/aromatic N) is 1. The Hall–Kier alpha value is -1.61. The summed E-state index contributed by atoms with van der Waals surface area (Å²) in [5.74, 6) is -0.117.